The maximum atomic E-state index is 13.1. The van der Waals surface area contributed by atoms with Gasteiger partial charge in [-0.25, -0.2) is 0 Å². The fraction of sp³-hybridized carbons (Fsp3) is 0.278. The molecule has 6 nitrogen and oxygen atoms in total. The zero-order valence-corrected chi connectivity index (χ0v) is 13.4. The Morgan fingerprint density at radius 2 is 2.29 bits per heavy atom. The number of aromatic nitrogens is 3. The lowest BCUT2D eigenvalue weighted by Crippen LogP contribution is -2.30. The maximum absolute atomic E-state index is 13.1. The lowest BCUT2D eigenvalue weighted by molar-refractivity contribution is 0.0734. The average molecular weight is 322 g/mol. The number of hydrogen-bond donors (Lipinski definition) is 1. The van der Waals surface area contributed by atoms with E-state index >= 15 is 0 Å². The summed E-state index contributed by atoms with van der Waals surface area (Å²) < 4.78 is 5.29. The largest absolute Gasteiger partial charge is 0.497 e. The van der Waals surface area contributed by atoms with Gasteiger partial charge < -0.3 is 14.6 Å². The van der Waals surface area contributed by atoms with E-state index in [-0.39, 0.29) is 11.9 Å². The van der Waals surface area contributed by atoms with Crippen LogP contribution in [0, 0.1) is 0 Å². The molecule has 3 aromatic rings. The van der Waals surface area contributed by atoms with Gasteiger partial charge in [-0.15, -0.1) is 0 Å². The summed E-state index contributed by atoms with van der Waals surface area (Å²) in [7, 11) is 1.62. The number of carbonyl (C=O) groups excluding carboxylic acids is 1. The van der Waals surface area contributed by atoms with Crippen molar-refractivity contribution < 1.29 is 9.53 Å². The molecule has 2 aromatic heterocycles. The minimum absolute atomic E-state index is 0.0123. The molecular weight excluding hydrogens is 304 g/mol. The van der Waals surface area contributed by atoms with E-state index in [1.165, 1.54) is 0 Å². The number of aromatic amines is 1. The Morgan fingerprint density at radius 1 is 1.38 bits per heavy atom. The molecule has 6 heteroatoms. The van der Waals surface area contributed by atoms with Gasteiger partial charge in [-0.3, -0.25) is 14.8 Å². The highest BCUT2D eigenvalue weighted by Crippen LogP contribution is 2.33. The first-order chi connectivity index (χ1) is 11.8. The van der Waals surface area contributed by atoms with Crippen LogP contribution in [0.2, 0.25) is 0 Å². The average Bonchev–Trinajstić information content (AvgIpc) is 3.28. The summed E-state index contributed by atoms with van der Waals surface area (Å²) in [5, 5.41) is 0.879. The van der Waals surface area contributed by atoms with Crippen molar-refractivity contribution in [2.75, 3.05) is 13.7 Å². The van der Waals surface area contributed by atoms with Crippen LogP contribution < -0.4 is 4.74 Å². The second-order valence-electron chi connectivity index (χ2n) is 5.90. The summed E-state index contributed by atoms with van der Waals surface area (Å²) in [5.41, 5.74) is 2.44. The van der Waals surface area contributed by atoms with Crippen molar-refractivity contribution in [3.63, 3.8) is 0 Å². The lowest BCUT2D eigenvalue weighted by Gasteiger charge is -2.23. The molecule has 3 heterocycles. The molecule has 0 unspecified atom stereocenters. The molecule has 0 radical (unpaired) electrons. The number of H-pyrrole nitrogens is 1. The van der Waals surface area contributed by atoms with E-state index in [0.29, 0.717) is 5.56 Å². The van der Waals surface area contributed by atoms with Crippen LogP contribution in [0.25, 0.3) is 10.9 Å². The van der Waals surface area contributed by atoms with Crippen LogP contribution in [0.5, 0.6) is 5.75 Å². The van der Waals surface area contributed by atoms with Crippen molar-refractivity contribution >= 4 is 16.8 Å². The molecule has 0 saturated carbocycles. The van der Waals surface area contributed by atoms with E-state index in [4.69, 9.17) is 4.74 Å². The smallest absolute Gasteiger partial charge is 0.256 e. The molecule has 1 atom stereocenters. The van der Waals surface area contributed by atoms with Gasteiger partial charge in [0.25, 0.3) is 5.91 Å². The summed E-state index contributed by atoms with van der Waals surface area (Å²) in [6.07, 6.45) is 8.73. The second-order valence-corrected chi connectivity index (χ2v) is 5.90. The first-order valence-corrected chi connectivity index (χ1v) is 8.00. The normalized spacial score (nSPS) is 17.4. The first-order valence-electron chi connectivity index (χ1n) is 8.00. The fourth-order valence-corrected chi connectivity index (χ4v) is 3.36. The third-order valence-electron chi connectivity index (χ3n) is 4.56. The van der Waals surface area contributed by atoms with Crippen LogP contribution in [-0.2, 0) is 0 Å². The molecule has 1 fully saturated rings. The van der Waals surface area contributed by atoms with Crippen LogP contribution in [0.1, 0.15) is 34.9 Å². The summed E-state index contributed by atoms with van der Waals surface area (Å²) in [6, 6.07) is 5.69. The summed E-state index contributed by atoms with van der Waals surface area (Å²) in [4.78, 5) is 26.7. The predicted molar refractivity (Wildman–Crippen MR) is 89.9 cm³/mol. The van der Waals surface area contributed by atoms with Crippen molar-refractivity contribution in [1.82, 2.24) is 19.9 Å². The number of rotatable bonds is 3. The van der Waals surface area contributed by atoms with Crippen molar-refractivity contribution in [2.24, 2.45) is 0 Å². The zero-order chi connectivity index (χ0) is 16.5. The van der Waals surface area contributed by atoms with Crippen LogP contribution in [-0.4, -0.2) is 39.4 Å². The number of nitrogens with zero attached hydrogens (tertiary/aromatic N) is 3. The van der Waals surface area contributed by atoms with Crippen LogP contribution in [0.3, 0.4) is 0 Å². The number of nitrogens with one attached hydrogen (secondary N) is 1. The van der Waals surface area contributed by atoms with E-state index in [0.717, 1.165) is 41.7 Å². The Morgan fingerprint density at radius 3 is 3.08 bits per heavy atom. The highest BCUT2D eigenvalue weighted by molar-refractivity contribution is 6.07. The molecule has 24 heavy (non-hydrogen) atoms. The highest BCUT2D eigenvalue weighted by Gasteiger charge is 2.32. The molecule has 0 spiro atoms. The van der Waals surface area contributed by atoms with E-state index in [9.17, 15) is 4.79 Å². The third-order valence-corrected chi connectivity index (χ3v) is 4.56. The minimum Gasteiger partial charge on any atom is -0.497 e. The number of methoxy groups -OCH3 is 1. The zero-order valence-electron chi connectivity index (χ0n) is 13.4. The van der Waals surface area contributed by atoms with E-state index in [1.54, 1.807) is 31.9 Å². The molecule has 122 valence electrons. The Labute approximate surface area is 139 Å². The molecule has 4 rings (SSSR count). The monoisotopic (exact) mass is 322 g/mol. The summed E-state index contributed by atoms with van der Waals surface area (Å²) >= 11 is 0. The standard InChI is InChI=1S/C18H18N4O2/c1-24-12-4-5-15-13(9-12)14(10-21-15)18(23)22-8-2-3-17(22)16-11-19-6-7-20-16/h4-7,9-11,17,21H,2-3,8H2,1H3/t17-/m1/s1. The molecule has 0 bridgehead atoms. The number of likely N-dealkylation sites (tertiary alicyclic amines) is 1. The highest BCUT2D eigenvalue weighted by atomic mass is 16.5. The van der Waals surface area contributed by atoms with Gasteiger partial charge >= 0.3 is 0 Å². The van der Waals surface area contributed by atoms with Crippen LogP contribution in [0.4, 0.5) is 0 Å². The molecular formula is C18H18N4O2. The van der Waals surface area contributed by atoms with Gasteiger partial charge in [-0.2, -0.15) is 0 Å². The van der Waals surface area contributed by atoms with Gasteiger partial charge in [0.2, 0.25) is 0 Å². The molecule has 1 aromatic carbocycles. The first kappa shape index (κ1) is 14.7. The topological polar surface area (TPSA) is 71.1 Å². The van der Waals surface area contributed by atoms with Gasteiger partial charge in [0.1, 0.15) is 5.75 Å². The lowest BCUT2D eigenvalue weighted by atomic mass is 10.1. The van der Waals surface area contributed by atoms with Crippen molar-refractivity contribution in [1.29, 1.82) is 0 Å². The SMILES string of the molecule is COc1ccc2[nH]cc(C(=O)N3CCC[C@@H]3c3cnccn3)c2c1. The number of fused-ring (bicyclic) bond motifs is 1. The summed E-state index contributed by atoms with van der Waals surface area (Å²) in [6.45, 7) is 0.733. The van der Waals surface area contributed by atoms with Crippen LogP contribution in [0.15, 0.2) is 43.0 Å². The minimum atomic E-state index is -0.0123. The number of hydrogen-bond acceptors (Lipinski definition) is 4. The van der Waals surface area contributed by atoms with Crippen molar-refractivity contribution in [2.45, 2.75) is 18.9 Å². The maximum Gasteiger partial charge on any atom is 0.256 e. The predicted octanol–water partition coefficient (Wildman–Crippen LogP) is 2.94. The molecule has 1 N–H and O–H groups in total. The van der Waals surface area contributed by atoms with Crippen molar-refractivity contribution in [3.05, 3.63) is 54.2 Å². The number of carbonyl (C=O) groups is 1. The van der Waals surface area contributed by atoms with Gasteiger partial charge in [0.05, 0.1) is 30.6 Å². The molecule has 1 aliphatic heterocycles. The molecule has 0 aliphatic carbocycles. The Bertz CT molecular complexity index is 875. The van der Waals surface area contributed by atoms with Gasteiger partial charge in [-0.05, 0) is 31.0 Å². The summed E-state index contributed by atoms with van der Waals surface area (Å²) in [5.74, 6) is 0.755. The van der Waals surface area contributed by atoms with Gasteiger partial charge in [0.15, 0.2) is 0 Å². The van der Waals surface area contributed by atoms with Gasteiger partial charge in [-0.1, -0.05) is 0 Å². The molecule has 1 saturated heterocycles. The van der Waals surface area contributed by atoms with E-state index in [2.05, 4.69) is 15.0 Å². The number of benzene rings is 1. The Kier molecular flexibility index (Phi) is 3.65. The number of amides is 1. The third kappa shape index (κ3) is 2.40. The fourth-order valence-electron chi connectivity index (χ4n) is 3.36. The quantitative estimate of drug-likeness (QED) is 0.805. The van der Waals surface area contributed by atoms with E-state index in [1.807, 2.05) is 23.1 Å². The molecule has 1 aliphatic rings. The van der Waals surface area contributed by atoms with Crippen molar-refractivity contribution in [3.8, 4) is 5.75 Å². The van der Waals surface area contributed by atoms with Gasteiger partial charge in [0, 0.05) is 36.0 Å². The Balaban J connectivity index is 1.70. The van der Waals surface area contributed by atoms with Crippen LogP contribution >= 0.6 is 0 Å². The second kappa shape index (κ2) is 5.96. The molecule has 1 amide bonds. The Hall–Kier alpha value is -2.89. The number of ether oxygens (including phenoxy) is 1. The van der Waals surface area contributed by atoms with E-state index < -0.39 is 0 Å².